The molecule has 32 heavy (non-hydrogen) atoms. The van der Waals surface area contributed by atoms with Gasteiger partial charge in [-0.25, -0.2) is 14.4 Å². The van der Waals surface area contributed by atoms with E-state index >= 15 is 0 Å². The zero-order valence-corrected chi connectivity index (χ0v) is 19.6. The van der Waals surface area contributed by atoms with Crippen LogP contribution in [0.2, 0.25) is 0 Å². The van der Waals surface area contributed by atoms with Gasteiger partial charge < -0.3 is 9.47 Å². The zero-order valence-electron chi connectivity index (χ0n) is 15.8. The molecule has 0 atom stereocenters. The van der Waals surface area contributed by atoms with Crippen molar-refractivity contribution in [3.63, 3.8) is 0 Å². The predicted molar refractivity (Wildman–Crippen MR) is 104 cm³/mol. The molecule has 0 saturated carbocycles. The number of hydrogen-bond acceptors (Lipinski definition) is 5. The fourth-order valence-electron chi connectivity index (χ4n) is 3.09. The van der Waals surface area contributed by atoms with Crippen LogP contribution < -0.4 is 0 Å². The summed E-state index contributed by atoms with van der Waals surface area (Å²) in [5, 5.41) is 2.95. The molecule has 0 bridgehead atoms. The molecule has 0 amide bonds. The van der Waals surface area contributed by atoms with Crippen LogP contribution in [0.25, 0.3) is 21.5 Å². The molecule has 9 heteroatoms. The van der Waals surface area contributed by atoms with Crippen molar-refractivity contribution in [2.24, 2.45) is 0 Å². The molecule has 4 aromatic carbocycles. The molecule has 0 aliphatic heterocycles. The summed E-state index contributed by atoms with van der Waals surface area (Å²) in [6.07, 6.45) is -1.36. The van der Waals surface area contributed by atoms with Crippen LogP contribution in [-0.4, -0.2) is 18.1 Å². The molecule has 0 spiro atoms. The number of rotatable bonds is 2. The van der Waals surface area contributed by atoms with Crippen LogP contribution >= 0.6 is 0 Å². The minimum atomic E-state index is -1.36. The fourth-order valence-corrected chi connectivity index (χ4v) is 3.09. The van der Waals surface area contributed by atoms with Crippen LogP contribution in [0.15, 0.2) is 84.9 Å². The Morgan fingerprint density at radius 1 is 0.469 bits per heavy atom. The molecule has 0 aromatic heterocycles. The Hall–Kier alpha value is -1.91. The number of carbonyl (C=O) groups excluding carboxylic acids is 3. The molecular formula is C23H14Cu4O5. The van der Waals surface area contributed by atoms with E-state index in [0.29, 0.717) is 10.8 Å². The number of esters is 2. The van der Waals surface area contributed by atoms with Crippen molar-refractivity contribution >= 4 is 39.6 Å². The average Bonchev–Trinajstić information content (AvgIpc) is 2.72. The Bertz CT molecular complexity index is 1140. The van der Waals surface area contributed by atoms with E-state index in [9.17, 15) is 14.4 Å². The molecule has 4 aromatic rings. The van der Waals surface area contributed by atoms with Crippen LogP contribution in [0, 0.1) is 0 Å². The Balaban J connectivity index is 0.00000240. The van der Waals surface area contributed by atoms with Gasteiger partial charge >= 0.3 is 18.1 Å². The van der Waals surface area contributed by atoms with Gasteiger partial charge in [-0.05, 0) is 33.7 Å². The van der Waals surface area contributed by atoms with Gasteiger partial charge in [0.05, 0.1) is 11.1 Å². The van der Waals surface area contributed by atoms with Gasteiger partial charge in [0.2, 0.25) is 0 Å². The van der Waals surface area contributed by atoms with Crippen LogP contribution in [0.4, 0.5) is 4.79 Å². The maximum absolute atomic E-state index is 12.4. The summed E-state index contributed by atoms with van der Waals surface area (Å²) in [4.78, 5) is 36.7. The van der Waals surface area contributed by atoms with Crippen molar-refractivity contribution < 1.29 is 92.1 Å². The summed E-state index contributed by atoms with van der Waals surface area (Å²) in [5.41, 5.74) is 0.431. The van der Waals surface area contributed by atoms with Gasteiger partial charge in [0.1, 0.15) is 0 Å². The summed E-state index contributed by atoms with van der Waals surface area (Å²) >= 11 is 0. The van der Waals surface area contributed by atoms with Gasteiger partial charge in [0.15, 0.2) is 0 Å². The molecule has 180 valence electrons. The van der Waals surface area contributed by atoms with E-state index in [1.165, 1.54) is 0 Å². The van der Waals surface area contributed by atoms with Gasteiger partial charge in [-0.2, -0.15) is 0 Å². The van der Waals surface area contributed by atoms with Gasteiger partial charge in [-0.15, -0.1) is 0 Å². The summed E-state index contributed by atoms with van der Waals surface area (Å²) in [5.74, 6) is -1.76. The van der Waals surface area contributed by atoms with Crippen molar-refractivity contribution in [3.8, 4) is 0 Å². The largest absolute Gasteiger partial charge is 0.524 e. The maximum Gasteiger partial charge on any atom is 0.524 e. The van der Waals surface area contributed by atoms with E-state index in [-0.39, 0.29) is 79.4 Å². The van der Waals surface area contributed by atoms with Crippen LogP contribution in [0.5, 0.6) is 0 Å². The first-order valence-electron chi connectivity index (χ1n) is 8.57. The van der Waals surface area contributed by atoms with Gasteiger partial charge in [0.25, 0.3) is 0 Å². The van der Waals surface area contributed by atoms with Crippen molar-refractivity contribution in [3.05, 3.63) is 96.1 Å². The Kier molecular flexibility index (Phi) is 12.8. The van der Waals surface area contributed by atoms with Crippen molar-refractivity contribution in [1.29, 1.82) is 0 Å². The van der Waals surface area contributed by atoms with Crippen LogP contribution in [-0.2, 0) is 77.7 Å². The summed E-state index contributed by atoms with van der Waals surface area (Å²) < 4.78 is 9.46. The van der Waals surface area contributed by atoms with E-state index in [0.717, 1.165) is 10.8 Å². The normalized spacial score (nSPS) is 9.25. The zero-order chi connectivity index (χ0) is 19.5. The molecule has 0 fully saturated rings. The Morgan fingerprint density at radius 2 is 0.812 bits per heavy atom. The van der Waals surface area contributed by atoms with Gasteiger partial charge in [-0.3, -0.25) is 0 Å². The monoisotopic (exact) mass is 622 g/mol. The number of carbonyl (C=O) groups is 3. The first-order valence-corrected chi connectivity index (χ1v) is 8.57. The first-order chi connectivity index (χ1) is 13.6. The maximum atomic E-state index is 12.4. The quantitative estimate of drug-likeness (QED) is 0.176. The average molecular weight is 625 g/mol. The van der Waals surface area contributed by atoms with Gasteiger partial charge in [0, 0.05) is 68.3 Å². The predicted octanol–water partition coefficient (Wildman–Crippen LogP) is 5.12. The van der Waals surface area contributed by atoms with E-state index < -0.39 is 18.1 Å². The molecule has 0 saturated heterocycles. The molecule has 4 rings (SSSR count). The van der Waals surface area contributed by atoms with Crippen molar-refractivity contribution in [2.45, 2.75) is 0 Å². The Labute approximate surface area is 226 Å². The minimum Gasteiger partial charge on any atom is -0.356 e. The number of benzene rings is 4. The van der Waals surface area contributed by atoms with Crippen LogP contribution in [0.1, 0.15) is 20.7 Å². The SMILES string of the molecule is O=C(OC(=O)c1cccc2ccccc12)OC(=O)c1cccc2ccccc12.[Cu].[Cu].[Cu].[Cu]. The third kappa shape index (κ3) is 6.55. The summed E-state index contributed by atoms with van der Waals surface area (Å²) in [7, 11) is 0. The second-order valence-electron chi connectivity index (χ2n) is 6.08. The molecule has 4 radical (unpaired) electrons. The van der Waals surface area contributed by atoms with E-state index in [4.69, 9.17) is 9.47 Å². The van der Waals surface area contributed by atoms with Gasteiger partial charge in [-0.1, -0.05) is 72.8 Å². The number of fused-ring (bicyclic) bond motifs is 2. The molecule has 0 aliphatic carbocycles. The third-order valence-corrected chi connectivity index (χ3v) is 4.37. The van der Waals surface area contributed by atoms with E-state index in [1.807, 2.05) is 36.4 Å². The Morgan fingerprint density at radius 3 is 1.22 bits per heavy atom. The smallest absolute Gasteiger partial charge is 0.356 e. The standard InChI is InChI=1S/C23H14O5.4Cu/c24-21(19-13-5-9-15-7-1-3-11-17(15)19)27-23(26)28-22(25)20-14-6-10-16-8-2-4-12-18(16)20;;;;/h1-14H;;;;. The molecule has 0 heterocycles. The second kappa shape index (κ2) is 13.6. The topological polar surface area (TPSA) is 69.7 Å². The molecule has 0 unspecified atom stereocenters. The third-order valence-electron chi connectivity index (χ3n) is 4.37. The summed E-state index contributed by atoms with van der Waals surface area (Å²) in [6.45, 7) is 0. The second-order valence-corrected chi connectivity index (χ2v) is 6.08. The summed E-state index contributed by atoms with van der Waals surface area (Å²) in [6, 6.07) is 24.6. The molecule has 5 nitrogen and oxygen atoms in total. The fraction of sp³-hybridized carbons (Fsp3) is 0. The number of hydrogen-bond donors (Lipinski definition) is 0. The van der Waals surface area contributed by atoms with E-state index in [1.54, 1.807) is 48.5 Å². The van der Waals surface area contributed by atoms with Crippen molar-refractivity contribution in [1.82, 2.24) is 0 Å². The molecule has 0 N–H and O–H groups in total. The first kappa shape index (κ1) is 30.1. The molecular weight excluding hydrogens is 610 g/mol. The van der Waals surface area contributed by atoms with Crippen LogP contribution in [0.3, 0.4) is 0 Å². The molecule has 0 aliphatic rings. The minimum absolute atomic E-state index is 0. The van der Waals surface area contributed by atoms with E-state index in [2.05, 4.69) is 0 Å². The van der Waals surface area contributed by atoms with Crippen molar-refractivity contribution in [2.75, 3.05) is 0 Å². The number of ether oxygens (including phenoxy) is 2.